The van der Waals surface area contributed by atoms with E-state index >= 15 is 0 Å². The molecule has 2 rings (SSSR count). The number of carboxylic acid groups (broad SMARTS) is 1. The SMILES string of the molecule is CSc1cc2c(c(C(=O)O)c1)OC(C)(C)C2. The van der Waals surface area contributed by atoms with Crippen molar-refractivity contribution >= 4 is 17.7 Å². The van der Waals surface area contributed by atoms with Crippen LogP contribution in [-0.2, 0) is 6.42 Å². The molecule has 0 amide bonds. The van der Waals surface area contributed by atoms with Gasteiger partial charge in [0.1, 0.15) is 16.9 Å². The van der Waals surface area contributed by atoms with Gasteiger partial charge in [-0.1, -0.05) is 0 Å². The van der Waals surface area contributed by atoms with E-state index < -0.39 is 5.97 Å². The molecule has 0 spiro atoms. The number of carbonyl (C=O) groups is 1. The molecule has 1 N–H and O–H groups in total. The van der Waals surface area contributed by atoms with Crippen LogP contribution in [0.4, 0.5) is 0 Å². The third-order valence-electron chi connectivity index (χ3n) is 2.60. The highest BCUT2D eigenvalue weighted by Gasteiger charge is 2.33. The molecule has 0 saturated heterocycles. The lowest BCUT2D eigenvalue weighted by Crippen LogP contribution is -2.25. The van der Waals surface area contributed by atoms with Crippen molar-refractivity contribution in [2.24, 2.45) is 0 Å². The number of hydrogen-bond donors (Lipinski definition) is 1. The van der Waals surface area contributed by atoms with Crippen molar-refractivity contribution in [1.82, 2.24) is 0 Å². The molecule has 0 aromatic heterocycles. The van der Waals surface area contributed by atoms with Crippen molar-refractivity contribution in [2.75, 3.05) is 6.26 Å². The largest absolute Gasteiger partial charge is 0.486 e. The topological polar surface area (TPSA) is 46.5 Å². The van der Waals surface area contributed by atoms with Crippen LogP contribution in [0.3, 0.4) is 0 Å². The van der Waals surface area contributed by atoms with Crippen LogP contribution >= 0.6 is 11.8 Å². The van der Waals surface area contributed by atoms with Crippen molar-refractivity contribution in [3.05, 3.63) is 23.3 Å². The Morgan fingerprint density at radius 2 is 2.19 bits per heavy atom. The lowest BCUT2D eigenvalue weighted by molar-refractivity contribution is 0.0685. The maximum atomic E-state index is 11.2. The lowest BCUT2D eigenvalue weighted by Gasteiger charge is -2.17. The van der Waals surface area contributed by atoms with Gasteiger partial charge in [-0.05, 0) is 32.2 Å². The van der Waals surface area contributed by atoms with E-state index in [0.717, 1.165) is 16.9 Å². The van der Waals surface area contributed by atoms with Gasteiger partial charge in [-0.25, -0.2) is 4.79 Å². The van der Waals surface area contributed by atoms with Gasteiger partial charge in [0.25, 0.3) is 0 Å². The number of fused-ring (bicyclic) bond motifs is 1. The smallest absolute Gasteiger partial charge is 0.339 e. The zero-order valence-electron chi connectivity index (χ0n) is 9.53. The monoisotopic (exact) mass is 238 g/mol. The van der Waals surface area contributed by atoms with E-state index in [1.54, 1.807) is 17.8 Å². The molecular formula is C12H14O3S. The van der Waals surface area contributed by atoms with Crippen LogP contribution < -0.4 is 4.74 Å². The standard InChI is InChI=1S/C12H14O3S/c1-12(2)6-7-4-8(16-3)5-9(11(13)14)10(7)15-12/h4-5H,6H2,1-3H3,(H,13,14). The summed E-state index contributed by atoms with van der Waals surface area (Å²) in [5.74, 6) is -0.389. The summed E-state index contributed by atoms with van der Waals surface area (Å²) in [6.45, 7) is 3.94. The minimum atomic E-state index is -0.926. The molecule has 0 bridgehead atoms. The summed E-state index contributed by atoms with van der Waals surface area (Å²) in [6.07, 6.45) is 2.70. The molecule has 3 nitrogen and oxygen atoms in total. The minimum absolute atomic E-state index is 0.271. The Bertz CT molecular complexity index is 452. The van der Waals surface area contributed by atoms with Crippen molar-refractivity contribution in [1.29, 1.82) is 0 Å². The van der Waals surface area contributed by atoms with Gasteiger partial charge in [0, 0.05) is 16.9 Å². The predicted molar refractivity (Wildman–Crippen MR) is 63.6 cm³/mol. The highest BCUT2D eigenvalue weighted by Crippen LogP contribution is 2.39. The van der Waals surface area contributed by atoms with E-state index in [9.17, 15) is 4.79 Å². The van der Waals surface area contributed by atoms with Crippen LogP contribution in [0.25, 0.3) is 0 Å². The minimum Gasteiger partial charge on any atom is -0.486 e. The van der Waals surface area contributed by atoms with Crippen molar-refractivity contribution in [3.63, 3.8) is 0 Å². The van der Waals surface area contributed by atoms with Gasteiger partial charge < -0.3 is 9.84 Å². The number of ether oxygens (including phenoxy) is 1. The van der Waals surface area contributed by atoms with Crippen molar-refractivity contribution in [2.45, 2.75) is 30.8 Å². The second kappa shape index (κ2) is 3.70. The lowest BCUT2D eigenvalue weighted by atomic mass is 10.0. The van der Waals surface area contributed by atoms with Crippen LogP contribution in [0.2, 0.25) is 0 Å². The van der Waals surface area contributed by atoms with Crippen LogP contribution in [-0.4, -0.2) is 22.9 Å². The van der Waals surface area contributed by atoms with Gasteiger partial charge >= 0.3 is 5.97 Å². The quantitative estimate of drug-likeness (QED) is 0.805. The highest BCUT2D eigenvalue weighted by atomic mass is 32.2. The molecule has 86 valence electrons. The Morgan fingerprint density at radius 1 is 1.50 bits per heavy atom. The van der Waals surface area contributed by atoms with Gasteiger partial charge in [-0.15, -0.1) is 11.8 Å². The van der Waals surface area contributed by atoms with E-state index in [1.165, 1.54) is 0 Å². The molecule has 16 heavy (non-hydrogen) atoms. The molecule has 4 heteroatoms. The second-order valence-electron chi connectivity index (χ2n) is 4.51. The summed E-state index contributed by atoms with van der Waals surface area (Å²) < 4.78 is 5.70. The fourth-order valence-electron chi connectivity index (χ4n) is 1.96. The fourth-order valence-corrected chi connectivity index (χ4v) is 2.46. The molecule has 0 fully saturated rings. The Balaban J connectivity index is 2.56. The number of benzene rings is 1. The molecular weight excluding hydrogens is 224 g/mol. The summed E-state index contributed by atoms with van der Waals surface area (Å²) in [6, 6.07) is 3.69. The molecule has 1 aliphatic rings. The average Bonchev–Trinajstić information content (AvgIpc) is 2.49. The third kappa shape index (κ3) is 1.89. The molecule has 0 aliphatic carbocycles. The van der Waals surface area contributed by atoms with E-state index in [-0.39, 0.29) is 11.2 Å². The molecule has 1 aromatic rings. The molecule has 1 heterocycles. The number of rotatable bonds is 2. The molecule has 0 radical (unpaired) electrons. The van der Waals surface area contributed by atoms with Gasteiger partial charge in [0.15, 0.2) is 0 Å². The Labute approximate surface area is 98.8 Å². The summed E-state index contributed by atoms with van der Waals surface area (Å²) in [5, 5.41) is 9.15. The number of carboxylic acids is 1. The number of hydrogen-bond acceptors (Lipinski definition) is 3. The van der Waals surface area contributed by atoms with E-state index in [2.05, 4.69) is 0 Å². The molecule has 1 aromatic carbocycles. The Hall–Kier alpha value is -1.16. The molecule has 0 atom stereocenters. The summed E-state index contributed by atoms with van der Waals surface area (Å²) in [4.78, 5) is 12.1. The maximum absolute atomic E-state index is 11.2. The summed E-state index contributed by atoms with van der Waals surface area (Å²) >= 11 is 1.55. The first kappa shape index (κ1) is 11.3. The first-order chi connectivity index (χ1) is 7.43. The average molecular weight is 238 g/mol. The zero-order chi connectivity index (χ0) is 11.9. The van der Waals surface area contributed by atoms with Gasteiger partial charge in [-0.2, -0.15) is 0 Å². The fraction of sp³-hybridized carbons (Fsp3) is 0.417. The highest BCUT2D eigenvalue weighted by molar-refractivity contribution is 7.98. The predicted octanol–water partition coefficient (Wildman–Crippen LogP) is 2.82. The first-order valence-corrected chi connectivity index (χ1v) is 6.28. The van der Waals surface area contributed by atoms with Crippen LogP contribution in [0.5, 0.6) is 5.75 Å². The summed E-state index contributed by atoms with van der Waals surface area (Å²) in [5.41, 5.74) is 0.963. The third-order valence-corrected chi connectivity index (χ3v) is 3.31. The van der Waals surface area contributed by atoms with Crippen LogP contribution in [0.15, 0.2) is 17.0 Å². The van der Waals surface area contributed by atoms with Gasteiger partial charge in [0.05, 0.1) is 0 Å². The second-order valence-corrected chi connectivity index (χ2v) is 5.39. The molecule has 0 unspecified atom stereocenters. The molecule has 0 saturated carbocycles. The van der Waals surface area contributed by atoms with Crippen LogP contribution in [0.1, 0.15) is 29.8 Å². The molecule has 1 aliphatic heterocycles. The van der Waals surface area contributed by atoms with Gasteiger partial charge in [-0.3, -0.25) is 0 Å². The van der Waals surface area contributed by atoms with Gasteiger partial charge in [0.2, 0.25) is 0 Å². The van der Waals surface area contributed by atoms with Crippen LogP contribution in [0, 0.1) is 0 Å². The van der Waals surface area contributed by atoms with Crippen molar-refractivity contribution in [3.8, 4) is 5.75 Å². The zero-order valence-corrected chi connectivity index (χ0v) is 10.4. The Morgan fingerprint density at radius 3 is 2.75 bits per heavy atom. The van der Waals surface area contributed by atoms with E-state index in [0.29, 0.717) is 5.75 Å². The van der Waals surface area contributed by atoms with Crippen molar-refractivity contribution < 1.29 is 14.6 Å². The number of aromatic carboxylic acids is 1. The number of thioether (sulfide) groups is 1. The Kier molecular flexibility index (Phi) is 2.62. The normalized spacial score (nSPS) is 16.7. The maximum Gasteiger partial charge on any atom is 0.339 e. The van der Waals surface area contributed by atoms with E-state index in [1.807, 2.05) is 26.2 Å². The summed E-state index contributed by atoms with van der Waals surface area (Å²) in [7, 11) is 0. The first-order valence-electron chi connectivity index (χ1n) is 5.06. The van der Waals surface area contributed by atoms with E-state index in [4.69, 9.17) is 9.84 Å².